The van der Waals surface area contributed by atoms with Crippen LogP contribution in [0, 0.1) is 13.8 Å². The van der Waals surface area contributed by atoms with Crippen LogP contribution in [0.4, 0.5) is 11.4 Å². The number of anilines is 2. The summed E-state index contributed by atoms with van der Waals surface area (Å²) >= 11 is 0. The second kappa shape index (κ2) is 17.1. The second-order valence-corrected chi connectivity index (χ2v) is 14.2. The van der Waals surface area contributed by atoms with Crippen LogP contribution in [0.1, 0.15) is 80.8 Å². The number of carbonyl (C=O) groups is 4. The SMILES string of the molecule is CCO[C@H](CN1/C(=C/C(=O)c2cc(C)nn2CC)N(C)c2cc(C(N)=O)cc(O)c21)[C@@H](Cn1/c(=N/C(=O)c2cc(C)nn2CC)n(C)c2cc(C(N)=O)ccc21)OCC. The average Bonchev–Trinajstić information content (AvgIpc) is 3.92. The number of ketones is 1. The molecule has 4 heterocycles. The van der Waals surface area contributed by atoms with E-state index in [0.717, 1.165) is 0 Å². The molecular formula is C41H51N11O7. The Bertz CT molecular complexity index is 2560. The average molecular weight is 810 g/mol. The Morgan fingerprint density at radius 2 is 1.39 bits per heavy atom. The summed E-state index contributed by atoms with van der Waals surface area (Å²) in [4.78, 5) is 60.5. The topological polar surface area (TPSA) is 223 Å². The highest BCUT2D eigenvalue weighted by Gasteiger charge is 2.38. The largest absolute Gasteiger partial charge is 0.506 e. The van der Waals surface area contributed by atoms with Crippen molar-refractivity contribution in [3.8, 4) is 5.75 Å². The summed E-state index contributed by atoms with van der Waals surface area (Å²) in [7, 11) is 3.47. The molecule has 18 nitrogen and oxygen atoms in total. The van der Waals surface area contributed by atoms with Crippen molar-refractivity contribution in [2.75, 3.05) is 36.6 Å². The summed E-state index contributed by atoms with van der Waals surface area (Å²) in [5.74, 6) is -2.02. The highest BCUT2D eigenvalue weighted by atomic mass is 16.5. The molecule has 5 aromatic rings. The van der Waals surface area contributed by atoms with Crippen LogP contribution in [0.15, 0.2) is 59.4 Å². The van der Waals surface area contributed by atoms with Crippen molar-refractivity contribution in [2.24, 2.45) is 23.5 Å². The number of amides is 3. The first kappa shape index (κ1) is 42.1. The molecule has 5 N–H and O–H groups in total. The minimum atomic E-state index is -0.739. The third-order valence-corrected chi connectivity index (χ3v) is 10.3. The van der Waals surface area contributed by atoms with E-state index in [1.54, 1.807) is 81.1 Å². The van der Waals surface area contributed by atoms with Crippen LogP contribution in [-0.4, -0.2) is 96.3 Å². The van der Waals surface area contributed by atoms with Gasteiger partial charge in [-0.1, -0.05) is 0 Å². The van der Waals surface area contributed by atoms with E-state index >= 15 is 0 Å². The Morgan fingerprint density at radius 1 is 0.797 bits per heavy atom. The second-order valence-electron chi connectivity index (χ2n) is 14.2. The fraction of sp³-hybridized carbons (Fsp3) is 0.390. The van der Waals surface area contributed by atoms with Gasteiger partial charge in [-0.15, -0.1) is 0 Å². The summed E-state index contributed by atoms with van der Waals surface area (Å²) in [5.41, 5.74) is 16.0. The quantitative estimate of drug-likeness (QED) is 0.0970. The summed E-state index contributed by atoms with van der Waals surface area (Å²) < 4.78 is 19.7. The van der Waals surface area contributed by atoms with E-state index < -0.39 is 29.9 Å². The lowest BCUT2D eigenvalue weighted by Crippen LogP contribution is -2.45. The van der Waals surface area contributed by atoms with Crippen molar-refractivity contribution in [3.63, 3.8) is 0 Å². The molecule has 3 aromatic heterocycles. The van der Waals surface area contributed by atoms with E-state index in [4.69, 9.17) is 20.9 Å². The van der Waals surface area contributed by atoms with E-state index in [0.29, 0.717) is 64.1 Å². The van der Waals surface area contributed by atoms with Crippen molar-refractivity contribution in [1.82, 2.24) is 28.7 Å². The Balaban J connectivity index is 1.49. The lowest BCUT2D eigenvalue weighted by atomic mass is 10.1. The van der Waals surface area contributed by atoms with Gasteiger partial charge in [0, 0.05) is 57.6 Å². The fourth-order valence-corrected chi connectivity index (χ4v) is 7.57. The van der Waals surface area contributed by atoms with Gasteiger partial charge in [-0.25, -0.2) is 0 Å². The van der Waals surface area contributed by atoms with Crippen LogP contribution >= 0.6 is 0 Å². The number of allylic oxidation sites excluding steroid dienone is 1. The number of aromatic hydroxyl groups is 1. The van der Waals surface area contributed by atoms with Crippen LogP contribution in [-0.2, 0) is 36.2 Å². The first-order chi connectivity index (χ1) is 28.1. The van der Waals surface area contributed by atoms with Gasteiger partial charge in [0.15, 0.2) is 0 Å². The maximum absolute atomic E-state index is 14.0. The van der Waals surface area contributed by atoms with Crippen molar-refractivity contribution < 1.29 is 33.8 Å². The number of aromatic nitrogens is 6. The number of nitrogens with two attached hydrogens (primary N) is 2. The number of aryl methyl sites for hydroxylation is 5. The summed E-state index contributed by atoms with van der Waals surface area (Å²) in [6.45, 7) is 12.7. The summed E-state index contributed by atoms with van der Waals surface area (Å²) in [6, 6.07) is 11.3. The first-order valence-corrected chi connectivity index (χ1v) is 19.5. The van der Waals surface area contributed by atoms with E-state index in [2.05, 4.69) is 15.2 Å². The Labute approximate surface area is 340 Å². The number of nitrogens with zero attached hydrogens (tertiary/aromatic N) is 9. The molecule has 18 heteroatoms. The minimum Gasteiger partial charge on any atom is -0.506 e. The number of hydrogen-bond donors (Lipinski definition) is 3. The number of phenols is 1. The lowest BCUT2D eigenvalue weighted by Gasteiger charge is -2.32. The van der Waals surface area contributed by atoms with Gasteiger partial charge in [-0.05, 0) is 84.0 Å². The molecule has 3 amide bonds. The molecule has 0 saturated heterocycles. The number of imidazole rings is 1. The third kappa shape index (κ3) is 8.13. The molecule has 2 aromatic carbocycles. The van der Waals surface area contributed by atoms with Gasteiger partial charge in [0.05, 0.1) is 41.2 Å². The predicted octanol–water partition coefficient (Wildman–Crippen LogP) is 3.16. The summed E-state index contributed by atoms with van der Waals surface area (Å²) in [5, 5.41) is 20.4. The molecular weight excluding hydrogens is 759 g/mol. The molecule has 1 aliphatic heterocycles. The molecule has 0 fully saturated rings. The normalized spacial score (nSPS) is 14.7. The number of hydrogen-bond acceptors (Lipinski definition) is 11. The van der Waals surface area contributed by atoms with Gasteiger partial charge in [0.1, 0.15) is 40.9 Å². The fourth-order valence-electron chi connectivity index (χ4n) is 7.57. The molecule has 0 radical (unpaired) electrons. The number of primary amides is 2. The minimum absolute atomic E-state index is 0.0576. The number of fused-ring (bicyclic) bond motifs is 2. The van der Waals surface area contributed by atoms with Crippen LogP contribution in [0.2, 0.25) is 0 Å². The molecule has 2 atom stereocenters. The van der Waals surface area contributed by atoms with Crippen LogP contribution in [0.25, 0.3) is 11.0 Å². The van der Waals surface area contributed by atoms with Crippen molar-refractivity contribution in [2.45, 2.75) is 73.4 Å². The number of rotatable bonds is 16. The van der Waals surface area contributed by atoms with E-state index in [1.807, 2.05) is 39.2 Å². The van der Waals surface area contributed by atoms with Crippen LogP contribution in [0.3, 0.4) is 0 Å². The number of ether oxygens (including phenoxy) is 2. The molecule has 0 saturated carbocycles. The van der Waals surface area contributed by atoms with E-state index in [1.165, 1.54) is 12.1 Å². The number of benzene rings is 2. The zero-order valence-electron chi connectivity index (χ0n) is 34.6. The highest BCUT2D eigenvalue weighted by Crippen LogP contribution is 2.47. The standard InChI is InChI=1S/C41H51N11O7/c1-9-51-29(15-23(5)45-51)32(53)20-36-47(7)30-18-26(39(43)56)19-33(54)37(30)50(36)22-35(59-12-4)34(58-11-3)21-49-27-14-13-25(38(42)55)17-28(27)48(8)41(49)44-40(57)31-16-24(6)46-52(31)10-2/h13-20,34-35,54H,9-12,21-22H2,1-8H3,(H2,42,55)(H2,43,56)/b36-20+,44-41+/t34-,35-/m1/s1. The number of carbonyl (C=O) groups excluding carboxylic acids is 4. The zero-order valence-corrected chi connectivity index (χ0v) is 34.6. The third-order valence-electron chi connectivity index (χ3n) is 10.3. The van der Waals surface area contributed by atoms with E-state index in [-0.39, 0.29) is 54.6 Å². The van der Waals surface area contributed by atoms with Gasteiger partial charge >= 0.3 is 0 Å². The molecule has 312 valence electrons. The molecule has 0 aliphatic carbocycles. The molecule has 1 aliphatic rings. The van der Waals surface area contributed by atoms with Gasteiger partial charge in [0.2, 0.25) is 23.2 Å². The Morgan fingerprint density at radius 3 is 1.98 bits per heavy atom. The van der Waals surface area contributed by atoms with Gasteiger partial charge in [-0.2, -0.15) is 15.2 Å². The molecule has 0 spiro atoms. The Hall–Kier alpha value is -6.53. The monoisotopic (exact) mass is 809 g/mol. The maximum Gasteiger partial charge on any atom is 0.298 e. The predicted molar refractivity (Wildman–Crippen MR) is 220 cm³/mol. The van der Waals surface area contributed by atoms with Crippen molar-refractivity contribution in [1.29, 1.82) is 0 Å². The maximum atomic E-state index is 14.0. The van der Waals surface area contributed by atoms with Gasteiger partial charge < -0.3 is 45.0 Å². The highest BCUT2D eigenvalue weighted by molar-refractivity contribution is 6.06. The van der Waals surface area contributed by atoms with Gasteiger partial charge in [-0.3, -0.25) is 28.5 Å². The first-order valence-electron chi connectivity index (χ1n) is 19.5. The van der Waals surface area contributed by atoms with Crippen LogP contribution < -0.4 is 26.9 Å². The van der Waals surface area contributed by atoms with E-state index in [9.17, 15) is 24.3 Å². The van der Waals surface area contributed by atoms with Gasteiger partial charge in [0.25, 0.3) is 5.91 Å². The molecule has 0 unspecified atom stereocenters. The number of phenolic OH excluding ortho intramolecular Hbond substituents is 1. The van der Waals surface area contributed by atoms with Crippen LogP contribution in [0.5, 0.6) is 5.75 Å². The van der Waals surface area contributed by atoms with Crippen molar-refractivity contribution >= 4 is 45.9 Å². The molecule has 0 bridgehead atoms. The lowest BCUT2D eigenvalue weighted by molar-refractivity contribution is -0.0692. The summed E-state index contributed by atoms with van der Waals surface area (Å²) in [6.07, 6.45) is 0.00403. The molecule has 59 heavy (non-hydrogen) atoms. The zero-order chi connectivity index (χ0) is 42.9. The van der Waals surface area contributed by atoms with Crippen molar-refractivity contribution in [3.05, 3.63) is 93.9 Å². The molecule has 6 rings (SSSR count). The Kier molecular flexibility index (Phi) is 12.2. The smallest absolute Gasteiger partial charge is 0.298 e.